The Balaban J connectivity index is 1.39. The summed E-state index contributed by atoms with van der Waals surface area (Å²) >= 11 is 0. The molecule has 5 nitrogen and oxygen atoms in total. The van der Waals surface area contributed by atoms with Crippen molar-refractivity contribution in [1.29, 1.82) is 0 Å². The van der Waals surface area contributed by atoms with Gasteiger partial charge in [-0.25, -0.2) is 9.18 Å². The van der Waals surface area contributed by atoms with Gasteiger partial charge in [0.25, 0.3) is 0 Å². The average molecular weight is 383 g/mol. The fourth-order valence-corrected chi connectivity index (χ4v) is 4.11. The molecule has 4 rings (SSSR count). The van der Waals surface area contributed by atoms with Crippen LogP contribution in [0.2, 0.25) is 0 Å². The van der Waals surface area contributed by atoms with E-state index < -0.39 is 0 Å². The van der Waals surface area contributed by atoms with Gasteiger partial charge in [-0.1, -0.05) is 24.3 Å². The van der Waals surface area contributed by atoms with Gasteiger partial charge >= 0.3 is 6.03 Å². The minimum atomic E-state index is -0.264. The number of ether oxygens (including phenoxy) is 1. The predicted molar refractivity (Wildman–Crippen MR) is 108 cm³/mol. The molecule has 0 saturated carbocycles. The Morgan fingerprint density at radius 3 is 2.64 bits per heavy atom. The normalized spacial score (nSPS) is 21.5. The molecule has 1 fully saturated rings. The topological polar surface area (TPSA) is 44.8 Å². The summed E-state index contributed by atoms with van der Waals surface area (Å²) in [6.07, 6.45) is 1.01. The van der Waals surface area contributed by atoms with E-state index in [9.17, 15) is 9.18 Å². The van der Waals surface area contributed by atoms with E-state index in [2.05, 4.69) is 5.32 Å². The van der Waals surface area contributed by atoms with Crippen LogP contribution in [0.3, 0.4) is 0 Å². The Bertz CT molecular complexity index is 863. The zero-order valence-corrected chi connectivity index (χ0v) is 16.3. The number of amides is 2. The first kappa shape index (κ1) is 18.7. The highest BCUT2D eigenvalue weighted by molar-refractivity contribution is 5.94. The van der Waals surface area contributed by atoms with Crippen LogP contribution in [0, 0.1) is 5.82 Å². The van der Waals surface area contributed by atoms with Crippen LogP contribution in [0.4, 0.5) is 20.6 Å². The Morgan fingerprint density at radius 2 is 1.89 bits per heavy atom. The van der Waals surface area contributed by atoms with Crippen LogP contribution < -0.4 is 15.1 Å². The van der Waals surface area contributed by atoms with Gasteiger partial charge in [-0.3, -0.25) is 4.90 Å². The van der Waals surface area contributed by atoms with Crippen molar-refractivity contribution in [3.8, 4) is 0 Å². The Kier molecular flexibility index (Phi) is 5.22. The van der Waals surface area contributed by atoms with Crippen molar-refractivity contribution in [1.82, 2.24) is 5.32 Å². The summed E-state index contributed by atoms with van der Waals surface area (Å²) in [5.74, 6) is -0.264. The SMILES string of the molecule is CC1CN(c2ccc(CNC(=O)N3CCc4ccccc43)cc2F)CC(C)O1. The number of rotatable bonds is 3. The van der Waals surface area contributed by atoms with E-state index in [1.165, 1.54) is 11.6 Å². The number of nitrogens with one attached hydrogen (secondary N) is 1. The number of hydrogen-bond acceptors (Lipinski definition) is 3. The van der Waals surface area contributed by atoms with Gasteiger partial charge in [-0.15, -0.1) is 0 Å². The molecule has 148 valence electrons. The standard InChI is InChI=1S/C22H26FN3O2/c1-15-13-25(14-16(2)28-15)21-8-7-17(11-19(21)23)12-24-22(27)26-10-9-18-5-3-4-6-20(18)26/h3-8,11,15-16H,9-10,12-14H2,1-2H3,(H,24,27). The molecule has 2 aliphatic heterocycles. The zero-order valence-electron chi connectivity index (χ0n) is 16.3. The molecule has 1 saturated heterocycles. The van der Waals surface area contributed by atoms with Crippen molar-refractivity contribution in [3.63, 3.8) is 0 Å². The number of fused-ring (bicyclic) bond motifs is 1. The molecule has 2 aromatic rings. The summed E-state index contributed by atoms with van der Waals surface area (Å²) in [4.78, 5) is 16.3. The molecule has 2 atom stereocenters. The molecule has 1 N–H and O–H groups in total. The summed E-state index contributed by atoms with van der Waals surface area (Å²) in [6, 6.07) is 13.0. The second kappa shape index (κ2) is 7.80. The second-order valence-corrected chi connectivity index (χ2v) is 7.64. The van der Waals surface area contributed by atoms with Crippen LogP contribution in [0.5, 0.6) is 0 Å². The first-order chi connectivity index (χ1) is 13.5. The first-order valence-corrected chi connectivity index (χ1v) is 9.83. The molecule has 2 unspecified atom stereocenters. The number of morpholine rings is 1. The van der Waals surface area contributed by atoms with E-state index in [-0.39, 0.29) is 24.1 Å². The van der Waals surface area contributed by atoms with Crippen molar-refractivity contribution < 1.29 is 13.9 Å². The highest BCUT2D eigenvalue weighted by Gasteiger charge is 2.25. The Labute approximate surface area is 165 Å². The highest BCUT2D eigenvalue weighted by Crippen LogP contribution is 2.28. The quantitative estimate of drug-likeness (QED) is 0.879. The van der Waals surface area contributed by atoms with E-state index in [1.54, 1.807) is 11.0 Å². The third kappa shape index (κ3) is 3.83. The van der Waals surface area contributed by atoms with Crippen LogP contribution in [0.1, 0.15) is 25.0 Å². The summed E-state index contributed by atoms with van der Waals surface area (Å²) in [5.41, 5.74) is 3.47. The van der Waals surface area contributed by atoms with Crippen LogP contribution in [-0.4, -0.2) is 37.9 Å². The lowest BCUT2D eigenvalue weighted by molar-refractivity contribution is -0.00539. The van der Waals surface area contributed by atoms with Crippen molar-refractivity contribution in [2.75, 3.05) is 29.4 Å². The average Bonchev–Trinajstić information content (AvgIpc) is 3.09. The maximum Gasteiger partial charge on any atom is 0.322 e. The number of anilines is 2. The van der Waals surface area contributed by atoms with Crippen LogP contribution in [-0.2, 0) is 17.7 Å². The lowest BCUT2D eigenvalue weighted by Crippen LogP contribution is -2.45. The molecular weight excluding hydrogens is 357 g/mol. The van der Waals surface area contributed by atoms with E-state index >= 15 is 0 Å². The van der Waals surface area contributed by atoms with Crippen LogP contribution in [0.15, 0.2) is 42.5 Å². The lowest BCUT2D eigenvalue weighted by Gasteiger charge is -2.37. The van der Waals surface area contributed by atoms with Crippen molar-refractivity contribution in [2.24, 2.45) is 0 Å². The lowest BCUT2D eigenvalue weighted by atomic mass is 10.1. The molecule has 0 radical (unpaired) electrons. The number of urea groups is 1. The molecule has 0 aliphatic carbocycles. The molecular formula is C22H26FN3O2. The van der Waals surface area contributed by atoms with Gasteiger partial charge < -0.3 is 15.0 Å². The molecule has 0 spiro atoms. The number of nitrogens with zero attached hydrogens (tertiary/aromatic N) is 2. The monoisotopic (exact) mass is 383 g/mol. The van der Waals surface area contributed by atoms with Crippen molar-refractivity contribution in [3.05, 3.63) is 59.4 Å². The van der Waals surface area contributed by atoms with Gasteiger partial charge in [0.1, 0.15) is 5.82 Å². The fraction of sp³-hybridized carbons (Fsp3) is 0.409. The number of para-hydroxylation sites is 1. The molecule has 2 amide bonds. The van der Waals surface area contributed by atoms with Gasteiger partial charge in [0.15, 0.2) is 0 Å². The van der Waals surface area contributed by atoms with Crippen LogP contribution in [0.25, 0.3) is 0 Å². The van der Waals surface area contributed by atoms with Crippen LogP contribution >= 0.6 is 0 Å². The molecule has 2 aromatic carbocycles. The van der Waals surface area contributed by atoms with E-state index in [0.29, 0.717) is 31.9 Å². The fourth-order valence-electron chi connectivity index (χ4n) is 4.11. The number of carbonyl (C=O) groups excluding carboxylic acids is 1. The van der Waals surface area contributed by atoms with Crippen molar-refractivity contribution >= 4 is 17.4 Å². The van der Waals surface area contributed by atoms with E-state index in [0.717, 1.165) is 17.7 Å². The van der Waals surface area contributed by atoms with Gasteiger partial charge in [0.2, 0.25) is 0 Å². The third-order valence-electron chi connectivity index (χ3n) is 5.35. The number of halogens is 1. The number of carbonyl (C=O) groups is 1. The summed E-state index contributed by atoms with van der Waals surface area (Å²) < 4.78 is 20.4. The van der Waals surface area contributed by atoms with Gasteiger partial charge in [-0.2, -0.15) is 0 Å². The van der Waals surface area contributed by atoms with Gasteiger partial charge in [0.05, 0.1) is 17.9 Å². The minimum Gasteiger partial charge on any atom is -0.372 e. The summed E-state index contributed by atoms with van der Waals surface area (Å²) in [6.45, 7) is 6.32. The molecule has 2 aliphatic rings. The predicted octanol–water partition coefficient (Wildman–Crippen LogP) is 3.71. The molecule has 28 heavy (non-hydrogen) atoms. The number of benzene rings is 2. The smallest absolute Gasteiger partial charge is 0.322 e. The number of hydrogen-bond donors (Lipinski definition) is 1. The summed E-state index contributed by atoms with van der Waals surface area (Å²) in [5, 5.41) is 2.91. The maximum atomic E-state index is 14.7. The van der Waals surface area contributed by atoms with E-state index in [4.69, 9.17) is 4.74 Å². The molecule has 2 heterocycles. The highest BCUT2D eigenvalue weighted by atomic mass is 19.1. The molecule has 0 aromatic heterocycles. The Morgan fingerprint density at radius 1 is 1.14 bits per heavy atom. The Hall–Kier alpha value is -2.60. The maximum absolute atomic E-state index is 14.7. The molecule has 0 bridgehead atoms. The second-order valence-electron chi connectivity index (χ2n) is 7.64. The third-order valence-corrected chi connectivity index (χ3v) is 5.35. The van der Waals surface area contributed by atoms with Gasteiger partial charge in [-0.05, 0) is 49.6 Å². The minimum absolute atomic E-state index is 0.0745. The largest absolute Gasteiger partial charge is 0.372 e. The molecule has 6 heteroatoms. The van der Waals surface area contributed by atoms with Gasteiger partial charge in [0, 0.05) is 31.9 Å². The zero-order chi connectivity index (χ0) is 19.7. The van der Waals surface area contributed by atoms with Crippen molar-refractivity contribution in [2.45, 2.75) is 39.0 Å². The van der Waals surface area contributed by atoms with E-state index in [1.807, 2.05) is 49.1 Å². The summed E-state index contributed by atoms with van der Waals surface area (Å²) in [7, 11) is 0. The first-order valence-electron chi connectivity index (χ1n) is 9.83.